The van der Waals surface area contributed by atoms with Gasteiger partial charge in [0.05, 0.1) is 35.2 Å². The first-order chi connectivity index (χ1) is 17.4. The zero-order valence-corrected chi connectivity index (χ0v) is 22.2. The molecular formula is C27H34ClN3O4S. The molecule has 194 valence electrons. The number of aliphatic hydroxyl groups is 1. The second-order valence-corrected chi connectivity index (χ2v) is 11.1. The number of pyridine rings is 1. The van der Waals surface area contributed by atoms with Crippen LogP contribution in [0.2, 0.25) is 5.02 Å². The van der Waals surface area contributed by atoms with E-state index in [0.29, 0.717) is 29.2 Å². The summed E-state index contributed by atoms with van der Waals surface area (Å²) in [5.41, 5.74) is 1.04. The summed E-state index contributed by atoms with van der Waals surface area (Å²) in [6.45, 7) is 2.80. The number of aliphatic hydroxyl groups excluding tert-OH is 1. The third-order valence-electron chi connectivity index (χ3n) is 7.39. The van der Waals surface area contributed by atoms with Gasteiger partial charge in [-0.2, -0.15) is 0 Å². The maximum absolute atomic E-state index is 11.8. The fourth-order valence-electron chi connectivity index (χ4n) is 5.30. The summed E-state index contributed by atoms with van der Waals surface area (Å²) < 4.78 is 5.35. The van der Waals surface area contributed by atoms with E-state index in [4.69, 9.17) is 16.3 Å². The fourth-order valence-corrected chi connectivity index (χ4v) is 6.24. The molecule has 7 nitrogen and oxygen atoms in total. The number of hydrogen-bond donors (Lipinski definition) is 2. The number of methoxy groups -OCH3 is 1. The van der Waals surface area contributed by atoms with Crippen LogP contribution < -0.4 is 4.74 Å². The average Bonchev–Trinajstić information content (AvgIpc) is 3.39. The van der Waals surface area contributed by atoms with Gasteiger partial charge in [-0.25, -0.2) is 4.98 Å². The third kappa shape index (κ3) is 6.73. The van der Waals surface area contributed by atoms with Crippen molar-refractivity contribution in [2.45, 2.75) is 57.5 Å². The van der Waals surface area contributed by atoms with Gasteiger partial charge < -0.3 is 19.8 Å². The Morgan fingerprint density at radius 3 is 2.78 bits per heavy atom. The molecule has 1 aromatic carbocycles. The molecule has 0 unspecified atom stereocenters. The van der Waals surface area contributed by atoms with E-state index >= 15 is 0 Å². The van der Waals surface area contributed by atoms with Gasteiger partial charge in [-0.05, 0) is 88.2 Å². The molecule has 0 bridgehead atoms. The van der Waals surface area contributed by atoms with Crippen LogP contribution in [0.3, 0.4) is 0 Å². The maximum atomic E-state index is 11.8. The van der Waals surface area contributed by atoms with E-state index in [1.807, 2.05) is 29.8 Å². The molecule has 9 heteroatoms. The van der Waals surface area contributed by atoms with E-state index in [1.54, 1.807) is 24.6 Å². The number of fused-ring (bicyclic) bond motifs is 1. The van der Waals surface area contributed by atoms with Crippen LogP contribution in [0.5, 0.6) is 5.75 Å². The Morgan fingerprint density at radius 2 is 2.08 bits per heavy atom. The molecule has 0 radical (unpaired) electrons. The first kappa shape index (κ1) is 26.8. The van der Waals surface area contributed by atoms with Crippen molar-refractivity contribution in [1.82, 2.24) is 14.9 Å². The van der Waals surface area contributed by atoms with Crippen LogP contribution in [0.1, 0.15) is 61.6 Å². The van der Waals surface area contributed by atoms with Crippen molar-refractivity contribution in [3.63, 3.8) is 0 Å². The molecule has 1 aliphatic rings. The molecule has 3 aromatic rings. The number of aryl methyl sites for hydroxylation is 1. The first-order valence-electron chi connectivity index (χ1n) is 12.5. The number of piperidine rings is 1. The highest BCUT2D eigenvalue weighted by Gasteiger charge is 2.37. The van der Waals surface area contributed by atoms with Crippen molar-refractivity contribution in [2.75, 3.05) is 26.7 Å². The van der Waals surface area contributed by atoms with Crippen LogP contribution in [0.4, 0.5) is 0 Å². The second-order valence-electron chi connectivity index (χ2n) is 9.75. The second kappa shape index (κ2) is 12.3. The lowest BCUT2D eigenvalue weighted by Gasteiger charge is -2.41. The number of unbranched alkanes of at least 4 members (excludes halogenated alkanes) is 1. The monoisotopic (exact) mass is 531 g/mol. The molecule has 1 aliphatic heterocycles. The summed E-state index contributed by atoms with van der Waals surface area (Å²) >= 11 is 8.18. The summed E-state index contributed by atoms with van der Waals surface area (Å²) in [4.78, 5) is 22.9. The van der Waals surface area contributed by atoms with Gasteiger partial charge >= 0.3 is 5.97 Å². The molecule has 2 aromatic heterocycles. The van der Waals surface area contributed by atoms with Crippen molar-refractivity contribution in [2.24, 2.45) is 5.41 Å². The summed E-state index contributed by atoms with van der Waals surface area (Å²) in [5, 5.41) is 25.2. The van der Waals surface area contributed by atoms with E-state index in [-0.39, 0.29) is 11.8 Å². The van der Waals surface area contributed by atoms with Gasteiger partial charge in [-0.15, -0.1) is 11.3 Å². The van der Waals surface area contributed by atoms with Gasteiger partial charge in [0.2, 0.25) is 0 Å². The van der Waals surface area contributed by atoms with Gasteiger partial charge in [-0.1, -0.05) is 11.6 Å². The maximum Gasteiger partial charge on any atom is 0.303 e. The van der Waals surface area contributed by atoms with Crippen LogP contribution in [0.25, 0.3) is 10.9 Å². The van der Waals surface area contributed by atoms with E-state index in [1.165, 1.54) is 5.01 Å². The molecule has 1 fully saturated rings. The number of ether oxygens (including phenoxy) is 1. The largest absolute Gasteiger partial charge is 0.497 e. The lowest BCUT2D eigenvalue weighted by Crippen LogP contribution is -2.41. The number of carbonyl (C=O) groups is 1. The van der Waals surface area contributed by atoms with Crippen LogP contribution in [-0.4, -0.2) is 57.8 Å². The first-order valence-corrected chi connectivity index (χ1v) is 13.8. The summed E-state index contributed by atoms with van der Waals surface area (Å²) in [7, 11) is 1.60. The van der Waals surface area contributed by atoms with Gasteiger partial charge in [0, 0.05) is 28.7 Å². The van der Waals surface area contributed by atoms with Gasteiger partial charge in [0.15, 0.2) is 0 Å². The van der Waals surface area contributed by atoms with E-state index in [2.05, 4.69) is 14.9 Å². The molecule has 4 rings (SSSR count). The molecule has 2 N–H and O–H groups in total. The topological polar surface area (TPSA) is 95.8 Å². The molecule has 3 heterocycles. The average molecular weight is 532 g/mol. The Labute approximate surface area is 221 Å². The molecule has 36 heavy (non-hydrogen) atoms. The highest BCUT2D eigenvalue weighted by atomic mass is 35.5. The predicted octanol–water partition coefficient (Wildman–Crippen LogP) is 5.75. The van der Waals surface area contributed by atoms with Crippen molar-refractivity contribution < 1.29 is 19.7 Å². The van der Waals surface area contributed by atoms with Crippen molar-refractivity contribution in [1.29, 1.82) is 0 Å². The summed E-state index contributed by atoms with van der Waals surface area (Å²) in [6, 6.07) is 5.51. The smallest absolute Gasteiger partial charge is 0.303 e. The van der Waals surface area contributed by atoms with E-state index < -0.39 is 12.1 Å². The van der Waals surface area contributed by atoms with Crippen molar-refractivity contribution in [3.8, 4) is 5.75 Å². The number of hydrogen-bond acceptors (Lipinski definition) is 7. The molecule has 0 spiro atoms. The summed E-state index contributed by atoms with van der Waals surface area (Å²) in [6.07, 6.45) is 8.67. The summed E-state index contributed by atoms with van der Waals surface area (Å²) in [5.74, 6) is -0.111. The molecule has 1 atom stereocenters. The number of carboxylic acids is 1. The SMILES string of the molecule is COc1ccc2ncc(Cl)c([C@H](O)CCC3(CC(=O)O)CCN(CCCCc4nccs4)CC3)c2c1. The minimum Gasteiger partial charge on any atom is -0.497 e. The lowest BCUT2D eigenvalue weighted by molar-refractivity contribution is -0.141. The number of likely N-dealkylation sites (tertiary alicyclic amines) is 1. The number of aromatic nitrogens is 2. The van der Waals surface area contributed by atoms with Gasteiger partial charge in [-0.3, -0.25) is 9.78 Å². The number of benzene rings is 1. The number of carboxylic acid groups (broad SMARTS) is 1. The molecule has 1 saturated heterocycles. The fraction of sp³-hybridized carbons (Fsp3) is 0.519. The molecule has 0 saturated carbocycles. The Bertz CT molecular complexity index is 1150. The zero-order valence-electron chi connectivity index (χ0n) is 20.7. The Hall–Kier alpha value is -2.26. The number of rotatable bonds is 12. The van der Waals surface area contributed by atoms with Crippen LogP contribution in [0, 0.1) is 5.41 Å². The van der Waals surface area contributed by atoms with E-state index in [0.717, 1.165) is 62.6 Å². The molecular weight excluding hydrogens is 498 g/mol. The Balaban J connectivity index is 1.37. The van der Waals surface area contributed by atoms with Crippen LogP contribution in [0.15, 0.2) is 36.0 Å². The van der Waals surface area contributed by atoms with Gasteiger partial charge in [0.1, 0.15) is 5.75 Å². The quantitative estimate of drug-likeness (QED) is 0.287. The number of halogens is 1. The lowest BCUT2D eigenvalue weighted by atomic mass is 9.71. The third-order valence-corrected chi connectivity index (χ3v) is 8.53. The standard InChI is InChI=1S/C27H34ClN3O4S/c1-35-19-5-6-22-20(16-19)26(21(28)18-30-22)23(32)7-8-27(17-25(33)34)9-13-31(14-10-27)12-3-2-4-24-29-11-15-36-24/h5-6,11,15-16,18,23,32H,2-4,7-10,12-14,17H2,1H3,(H,33,34)/t23-/m1/s1. The Morgan fingerprint density at radius 1 is 1.28 bits per heavy atom. The van der Waals surface area contributed by atoms with Gasteiger partial charge in [0.25, 0.3) is 0 Å². The molecule has 0 aliphatic carbocycles. The van der Waals surface area contributed by atoms with Crippen molar-refractivity contribution in [3.05, 3.63) is 51.6 Å². The number of aliphatic carboxylic acids is 1. The minimum absolute atomic E-state index is 0.121. The minimum atomic E-state index is -0.815. The van der Waals surface area contributed by atoms with Crippen molar-refractivity contribution >= 4 is 39.8 Å². The zero-order chi connectivity index (χ0) is 25.5. The normalized spacial score (nSPS) is 16.8. The highest BCUT2D eigenvalue weighted by molar-refractivity contribution is 7.09. The molecule has 0 amide bonds. The van der Waals surface area contributed by atoms with Crippen LogP contribution in [-0.2, 0) is 11.2 Å². The van der Waals surface area contributed by atoms with Crippen LogP contribution >= 0.6 is 22.9 Å². The highest BCUT2D eigenvalue weighted by Crippen LogP contribution is 2.43. The predicted molar refractivity (Wildman–Crippen MR) is 143 cm³/mol. The number of thiazole rings is 1. The van der Waals surface area contributed by atoms with E-state index in [9.17, 15) is 15.0 Å². The number of nitrogens with zero attached hydrogens (tertiary/aromatic N) is 3. The Kier molecular flexibility index (Phi) is 9.17.